The SMILES string of the molecule is COCCOc1ccc(NC(=O)NCc2ccccc2COC)cc1F. The molecule has 2 N–H and O–H groups in total. The number of hydrogen-bond acceptors (Lipinski definition) is 4. The summed E-state index contributed by atoms with van der Waals surface area (Å²) in [5.41, 5.74) is 2.29. The van der Waals surface area contributed by atoms with Crippen molar-refractivity contribution in [2.24, 2.45) is 0 Å². The summed E-state index contributed by atoms with van der Waals surface area (Å²) in [5, 5.41) is 5.34. The molecule has 0 fully saturated rings. The zero-order valence-corrected chi connectivity index (χ0v) is 14.9. The van der Waals surface area contributed by atoms with Crippen LogP contribution in [0.2, 0.25) is 0 Å². The number of halogens is 1. The lowest BCUT2D eigenvalue weighted by Gasteiger charge is -2.12. The molecule has 6 nitrogen and oxygen atoms in total. The van der Waals surface area contributed by atoms with Crippen LogP contribution in [0.3, 0.4) is 0 Å². The van der Waals surface area contributed by atoms with Gasteiger partial charge in [0.1, 0.15) is 6.61 Å². The van der Waals surface area contributed by atoms with Crippen LogP contribution in [0, 0.1) is 5.82 Å². The molecule has 0 atom stereocenters. The van der Waals surface area contributed by atoms with E-state index in [2.05, 4.69) is 10.6 Å². The molecule has 2 aromatic rings. The molecule has 0 aliphatic heterocycles. The number of urea groups is 1. The predicted molar refractivity (Wildman–Crippen MR) is 96.8 cm³/mol. The van der Waals surface area contributed by atoms with E-state index in [0.717, 1.165) is 11.1 Å². The molecule has 2 rings (SSSR count). The number of carbonyl (C=O) groups is 1. The average Bonchev–Trinajstić information content (AvgIpc) is 2.63. The first kappa shape index (κ1) is 19.7. The fourth-order valence-electron chi connectivity index (χ4n) is 2.31. The highest BCUT2D eigenvalue weighted by Gasteiger charge is 2.08. The Labute approximate surface area is 152 Å². The maximum absolute atomic E-state index is 14.0. The Morgan fingerprint density at radius 1 is 1.04 bits per heavy atom. The number of ether oxygens (including phenoxy) is 3. The quantitative estimate of drug-likeness (QED) is 0.672. The number of nitrogens with one attached hydrogen (secondary N) is 2. The van der Waals surface area contributed by atoms with E-state index in [1.807, 2.05) is 24.3 Å². The van der Waals surface area contributed by atoms with Gasteiger partial charge in [0.25, 0.3) is 0 Å². The number of amides is 2. The summed E-state index contributed by atoms with van der Waals surface area (Å²) >= 11 is 0. The third kappa shape index (κ3) is 6.02. The second-order valence-electron chi connectivity index (χ2n) is 5.50. The minimum Gasteiger partial charge on any atom is -0.488 e. The summed E-state index contributed by atoms with van der Waals surface area (Å²) < 4.78 is 29.2. The van der Waals surface area contributed by atoms with Crippen molar-refractivity contribution in [2.45, 2.75) is 13.2 Å². The van der Waals surface area contributed by atoms with Gasteiger partial charge in [-0.2, -0.15) is 0 Å². The average molecular weight is 362 g/mol. The minimum atomic E-state index is -0.552. The molecular weight excluding hydrogens is 339 g/mol. The van der Waals surface area contributed by atoms with Gasteiger partial charge < -0.3 is 24.8 Å². The van der Waals surface area contributed by atoms with Crippen LogP contribution in [-0.4, -0.2) is 33.5 Å². The van der Waals surface area contributed by atoms with Crippen LogP contribution in [0.4, 0.5) is 14.9 Å². The number of anilines is 1. The molecule has 0 aliphatic rings. The van der Waals surface area contributed by atoms with E-state index >= 15 is 0 Å². The molecule has 0 radical (unpaired) electrons. The van der Waals surface area contributed by atoms with E-state index in [1.165, 1.54) is 12.1 Å². The van der Waals surface area contributed by atoms with Crippen molar-refractivity contribution in [2.75, 3.05) is 32.8 Å². The lowest BCUT2D eigenvalue weighted by Crippen LogP contribution is -2.28. The van der Waals surface area contributed by atoms with Gasteiger partial charge in [0.2, 0.25) is 0 Å². The number of benzene rings is 2. The minimum absolute atomic E-state index is 0.113. The van der Waals surface area contributed by atoms with Crippen molar-refractivity contribution in [3.05, 3.63) is 59.4 Å². The Bertz CT molecular complexity index is 724. The Morgan fingerprint density at radius 2 is 1.81 bits per heavy atom. The Kier molecular flexibility index (Phi) is 7.85. The first-order valence-corrected chi connectivity index (χ1v) is 8.16. The molecule has 0 bridgehead atoms. The Morgan fingerprint density at radius 3 is 2.50 bits per heavy atom. The first-order valence-electron chi connectivity index (χ1n) is 8.16. The van der Waals surface area contributed by atoms with Crippen LogP contribution in [0.1, 0.15) is 11.1 Å². The highest BCUT2D eigenvalue weighted by molar-refractivity contribution is 5.89. The molecule has 0 aliphatic carbocycles. The molecule has 140 valence electrons. The monoisotopic (exact) mass is 362 g/mol. The third-order valence-corrected chi connectivity index (χ3v) is 3.59. The molecule has 26 heavy (non-hydrogen) atoms. The van der Waals surface area contributed by atoms with E-state index in [0.29, 0.717) is 25.4 Å². The molecule has 0 saturated heterocycles. The molecule has 2 amide bonds. The molecule has 0 heterocycles. The fourth-order valence-corrected chi connectivity index (χ4v) is 2.31. The van der Waals surface area contributed by atoms with Crippen molar-refractivity contribution in [1.29, 1.82) is 0 Å². The molecule has 2 aromatic carbocycles. The maximum atomic E-state index is 14.0. The largest absolute Gasteiger partial charge is 0.488 e. The summed E-state index contributed by atoms with van der Waals surface area (Å²) in [6, 6.07) is 11.5. The lowest BCUT2D eigenvalue weighted by atomic mass is 10.1. The summed E-state index contributed by atoms with van der Waals surface area (Å²) in [6.45, 7) is 1.43. The maximum Gasteiger partial charge on any atom is 0.319 e. The van der Waals surface area contributed by atoms with Gasteiger partial charge in [-0.15, -0.1) is 0 Å². The van der Waals surface area contributed by atoms with Crippen LogP contribution in [-0.2, 0) is 22.6 Å². The zero-order chi connectivity index (χ0) is 18.8. The van der Waals surface area contributed by atoms with Crippen molar-refractivity contribution in [3.63, 3.8) is 0 Å². The molecule has 0 saturated carbocycles. The van der Waals surface area contributed by atoms with Crippen LogP contribution >= 0.6 is 0 Å². The van der Waals surface area contributed by atoms with E-state index in [1.54, 1.807) is 20.3 Å². The Balaban J connectivity index is 1.89. The van der Waals surface area contributed by atoms with Gasteiger partial charge in [0.15, 0.2) is 11.6 Å². The van der Waals surface area contributed by atoms with Gasteiger partial charge in [-0.25, -0.2) is 9.18 Å². The highest BCUT2D eigenvalue weighted by Crippen LogP contribution is 2.21. The summed E-state index contributed by atoms with van der Waals surface area (Å²) in [6.07, 6.45) is 0. The van der Waals surface area contributed by atoms with Crippen LogP contribution in [0.25, 0.3) is 0 Å². The van der Waals surface area contributed by atoms with Gasteiger partial charge in [0, 0.05) is 32.5 Å². The number of rotatable bonds is 9. The molecule has 0 aromatic heterocycles. The summed E-state index contributed by atoms with van der Waals surface area (Å²) in [5.74, 6) is -0.439. The van der Waals surface area contributed by atoms with Gasteiger partial charge in [0.05, 0.1) is 13.2 Å². The second-order valence-corrected chi connectivity index (χ2v) is 5.50. The standard InChI is InChI=1S/C19H23FN2O4/c1-24-9-10-26-18-8-7-16(11-17(18)20)22-19(23)21-12-14-5-3-4-6-15(14)13-25-2/h3-8,11H,9-10,12-13H2,1-2H3,(H2,21,22,23). The van der Waals surface area contributed by atoms with Crippen molar-refractivity contribution < 1.29 is 23.4 Å². The Hall–Kier alpha value is -2.64. The van der Waals surface area contributed by atoms with E-state index in [4.69, 9.17) is 14.2 Å². The van der Waals surface area contributed by atoms with Gasteiger partial charge in [-0.3, -0.25) is 0 Å². The van der Waals surface area contributed by atoms with Crippen LogP contribution < -0.4 is 15.4 Å². The molecular formula is C19H23FN2O4. The fraction of sp³-hybridized carbons (Fsp3) is 0.316. The van der Waals surface area contributed by atoms with Crippen LogP contribution in [0.5, 0.6) is 5.75 Å². The summed E-state index contributed by atoms with van der Waals surface area (Å²) in [4.78, 5) is 12.0. The number of hydrogen-bond donors (Lipinski definition) is 2. The van der Waals surface area contributed by atoms with Crippen molar-refractivity contribution in [3.8, 4) is 5.75 Å². The van der Waals surface area contributed by atoms with Gasteiger partial charge in [-0.05, 0) is 23.3 Å². The number of carbonyl (C=O) groups excluding carboxylic acids is 1. The highest BCUT2D eigenvalue weighted by atomic mass is 19.1. The predicted octanol–water partition coefficient (Wildman–Crippen LogP) is 3.32. The van der Waals surface area contributed by atoms with Crippen LogP contribution in [0.15, 0.2) is 42.5 Å². The normalized spacial score (nSPS) is 10.4. The van der Waals surface area contributed by atoms with Gasteiger partial charge in [-0.1, -0.05) is 24.3 Å². The third-order valence-electron chi connectivity index (χ3n) is 3.59. The lowest BCUT2D eigenvalue weighted by molar-refractivity contribution is 0.144. The van der Waals surface area contributed by atoms with Gasteiger partial charge >= 0.3 is 6.03 Å². The molecule has 0 spiro atoms. The van der Waals surface area contributed by atoms with Crippen molar-refractivity contribution >= 4 is 11.7 Å². The van der Waals surface area contributed by atoms with E-state index in [-0.39, 0.29) is 12.4 Å². The topological polar surface area (TPSA) is 68.8 Å². The second kappa shape index (κ2) is 10.4. The van der Waals surface area contributed by atoms with E-state index in [9.17, 15) is 9.18 Å². The molecule has 0 unspecified atom stereocenters. The van der Waals surface area contributed by atoms with E-state index < -0.39 is 11.8 Å². The first-order chi connectivity index (χ1) is 12.6. The summed E-state index contributed by atoms with van der Waals surface area (Å²) in [7, 11) is 3.16. The smallest absolute Gasteiger partial charge is 0.319 e. The van der Waals surface area contributed by atoms with Crippen molar-refractivity contribution in [1.82, 2.24) is 5.32 Å². The molecule has 7 heteroatoms. The zero-order valence-electron chi connectivity index (χ0n) is 14.9. The number of methoxy groups -OCH3 is 2.